The molecule has 0 amide bonds. The zero-order valence-electron chi connectivity index (χ0n) is 8.73. The summed E-state index contributed by atoms with van der Waals surface area (Å²) in [6.45, 7) is 0. The van der Waals surface area contributed by atoms with E-state index in [1.54, 1.807) is 0 Å². The number of aryl methyl sites for hydroxylation is 1. The number of benzene rings is 1. The Hall–Kier alpha value is -1.34. The Morgan fingerprint density at radius 1 is 1.35 bits per heavy atom. The van der Waals surface area contributed by atoms with Gasteiger partial charge >= 0.3 is 0 Å². The number of aliphatic hydroxyl groups excluding tert-OH is 1. The van der Waals surface area contributed by atoms with Crippen LogP contribution in [0.5, 0.6) is 0 Å². The van der Waals surface area contributed by atoms with E-state index in [0.29, 0.717) is 0 Å². The molecular weight excluding hydrogens is 296 g/mol. The van der Waals surface area contributed by atoms with E-state index in [-0.39, 0.29) is 10.2 Å². The summed E-state index contributed by atoms with van der Waals surface area (Å²) in [6.07, 6.45) is -0.186. The van der Waals surface area contributed by atoms with Crippen LogP contribution in [0.4, 0.5) is 8.78 Å². The number of aromatic nitrogens is 3. The molecule has 0 spiro atoms. The predicted octanol–water partition coefficient (Wildman–Crippen LogP) is 1.94. The van der Waals surface area contributed by atoms with Crippen molar-refractivity contribution in [3.8, 4) is 0 Å². The Kier molecular flexibility index (Phi) is 3.21. The van der Waals surface area contributed by atoms with Crippen molar-refractivity contribution in [1.29, 1.82) is 0 Å². The van der Waals surface area contributed by atoms with Gasteiger partial charge in [-0.15, -0.1) is 5.10 Å². The van der Waals surface area contributed by atoms with Gasteiger partial charge in [-0.25, -0.2) is 13.5 Å². The highest BCUT2D eigenvalue weighted by molar-refractivity contribution is 9.10. The molecule has 0 aliphatic heterocycles. The average molecular weight is 304 g/mol. The van der Waals surface area contributed by atoms with Crippen LogP contribution in [0.15, 0.2) is 22.8 Å². The van der Waals surface area contributed by atoms with Crippen LogP contribution in [0.2, 0.25) is 0 Å². The Morgan fingerprint density at radius 3 is 2.41 bits per heavy atom. The van der Waals surface area contributed by atoms with Gasteiger partial charge in [0.15, 0.2) is 0 Å². The smallest absolute Gasteiger partial charge is 0.133 e. The molecule has 0 fully saturated rings. The van der Waals surface area contributed by atoms with Crippen LogP contribution in [-0.2, 0) is 7.05 Å². The Bertz CT molecular complexity index is 535. The predicted molar refractivity (Wildman–Crippen MR) is 59.1 cm³/mol. The standard InChI is InChI=1S/C10H8BrF2N3O/c1-16-8(4-14-15-16)10(17)9-6(12)2-5(11)3-7(9)13/h2-4,10,17H,1H3. The fourth-order valence-corrected chi connectivity index (χ4v) is 1.91. The summed E-state index contributed by atoms with van der Waals surface area (Å²) in [5.41, 5.74) is -0.205. The van der Waals surface area contributed by atoms with Gasteiger partial charge in [0.25, 0.3) is 0 Å². The number of nitrogens with zero attached hydrogens (tertiary/aromatic N) is 3. The first-order valence-corrected chi connectivity index (χ1v) is 5.47. The molecule has 4 nitrogen and oxygen atoms in total. The van der Waals surface area contributed by atoms with Crippen molar-refractivity contribution in [1.82, 2.24) is 15.0 Å². The second-order valence-corrected chi connectivity index (χ2v) is 4.38. The minimum Gasteiger partial charge on any atom is -0.382 e. The second kappa shape index (κ2) is 4.50. The monoisotopic (exact) mass is 303 g/mol. The van der Waals surface area contributed by atoms with Crippen LogP contribution in [0.3, 0.4) is 0 Å². The zero-order chi connectivity index (χ0) is 12.6. The van der Waals surface area contributed by atoms with Gasteiger partial charge in [0.05, 0.1) is 17.5 Å². The summed E-state index contributed by atoms with van der Waals surface area (Å²) < 4.78 is 28.7. The fourth-order valence-electron chi connectivity index (χ4n) is 1.51. The molecule has 90 valence electrons. The van der Waals surface area contributed by atoms with Crippen LogP contribution in [0.1, 0.15) is 17.4 Å². The third kappa shape index (κ3) is 2.20. The minimum atomic E-state index is -1.44. The summed E-state index contributed by atoms with van der Waals surface area (Å²) in [7, 11) is 1.53. The van der Waals surface area contributed by atoms with E-state index in [1.165, 1.54) is 17.9 Å². The average Bonchev–Trinajstić information content (AvgIpc) is 2.62. The van der Waals surface area contributed by atoms with E-state index in [4.69, 9.17) is 0 Å². The third-order valence-electron chi connectivity index (χ3n) is 2.35. The molecule has 1 N–H and O–H groups in total. The van der Waals surface area contributed by atoms with Crippen molar-refractivity contribution in [2.45, 2.75) is 6.10 Å². The van der Waals surface area contributed by atoms with E-state index in [0.717, 1.165) is 12.1 Å². The minimum absolute atomic E-state index is 0.213. The highest BCUT2D eigenvalue weighted by Gasteiger charge is 2.23. The van der Waals surface area contributed by atoms with Crippen molar-refractivity contribution in [3.63, 3.8) is 0 Å². The molecule has 1 unspecified atom stereocenters. The number of hydrogen-bond acceptors (Lipinski definition) is 3. The maximum Gasteiger partial charge on any atom is 0.133 e. The van der Waals surface area contributed by atoms with Gasteiger partial charge in [-0.3, -0.25) is 0 Å². The molecule has 0 aliphatic rings. The van der Waals surface area contributed by atoms with Gasteiger partial charge in [0.2, 0.25) is 0 Å². The quantitative estimate of drug-likeness (QED) is 0.922. The normalized spacial score (nSPS) is 12.8. The van der Waals surface area contributed by atoms with Crippen LogP contribution >= 0.6 is 15.9 Å². The molecule has 1 aromatic carbocycles. The Balaban J connectivity index is 2.51. The lowest BCUT2D eigenvalue weighted by Crippen LogP contribution is -2.10. The molecular formula is C10H8BrF2N3O. The fraction of sp³-hybridized carbons (Fsp3) is 0.200. The molecule has 2 aromatic rings. The maximum absolute atomic E-state index is 13.6. The summed E-state index contributed by atoms with van der Waals surface area (Å²) in [6, 6.07) is 2.18. The van der Waals surface area contributed by atoms with Crippen molar-refractivity contribution in [2.75, 3.05) is 0 Å². The molecule has 1 aromatic heterocycles. The van der Waals surface area contributed by atoms with Gasteiger partial charge in [-0.2, -0.15) is 0 Å². The number of hydrogen-bond donors (Lipinski definition) is 1. The van der Waals surface area contributed by atoms with E-state index < -0.39 is 23.3 Å². The lowest BCUT2D eigenvalue weighted by atomic mass is 10.1. The van der Waals surface area contributed by atoms with Crippen LogP contribution in [-0.4, -0.2) is 20.1 Å². The highest BCUT2D eigenvalue weighted by Crippen LogP contribution is 2.28. The molecule has 2 rings (SSSR count). The first kappa shape index (κ1) is 12.1. The van der Waals surface area contributed by atoms with Crippen LogP contribution in [0.25, 0.3) is 0 Å². The molecule has 0 aliphatic carbocycles. The summed E-state index contributed by atoms with van der Waals surface area (Å²) >= 11 is 2.97. The molecule has 7 heteroatoms. The largest absolute Gasteiger partial charge is 0.382 e. The van der Waals surface area contributed by atoms with Crippen molar-refractivity contribution >= 4 is 15.9 Å². The number of halogens is 3. The van der Waals surface area contributed by atoms with E-state index in [9.17, 15) is 13.9 Å². The van der Waals surface area contributed by atoms with Crippen molar-refractivity contribution in [2.24, 2.45) is 7.05 Å². The lowest BCUT2D eigenvalue weighted by molar-refractivity contribution is 0.199. The summed E-state index contributed by atoms with van der Waals surface area (Å²) in [4.78, 5) is 0. The van der Waals surface area contributed by atoms with Crippen molar-refractivity contribution < 1.29 is 13.9 Å². The first-order valence-electron chi connectivity index (χ1n) is 4.67. The summed E-state index contributed by atoms with van der Waals surface area (Å²) in [5.74, 6) is -1.66. The Labute approximate surface area is 104 Å². The van der Waals surface area contributed by atoms with E-state index >= 15 is 0 Å². The molecule has 1 atom stereocenters. The molecule has 0 saturated heterocycles. The zero-order valence-corrected chi connectivity index (χ0v) is 10.3. The topological polar surface area (TPSA) is 50.9 Å². The maximum atomic E-state index is 13.6. The van der Waals surface area contributed by atoms with E-state index in [1.807, 2.05) is 0 Å². The molecule has 17 heavy (non-hydrogen) atoms. The second-order valence-electron chi connectivity index (χ2n) is 3.47. The SMILES string of the molecule is Cn1nncc1C(O)c1c(F)cc(Br)cc1F. The number of aliphatic hydroxyl groups is 1. The van der Waals surface area contributed by atoms with E-state index in [2.05, 4.69) is 26.2 Å². The van der Waals surface area contributed by atoms with Gasteiger partial charge in [-0.1, -0.05) is 21.1 Å². The van der Waals surface area contributed by atoms with Crippen molar-refractivity contribution in [3.05, 3.63) is 45.7 Å². The third-order valence-corrected chi connectivity index (χ3v) is 2.80. The Morgan fingerprint density at radius 2 is 1.94 bits per heavy atom. The van der Waals surface area contributed by atoms with Crippen LogP contribution in [0, 0.1) is 11.6 Å². The molecule has 0 bridgehead atoms. The molecule has 1 heterocycles. The van der Waals surface area contributed by atoms with Gasteiger partial charge < -0.3 is 5.11 Å². The molecule has 0 saturated carbocycles. The first-order chi connectivity index (χ1) is 8.00. The van der Waals surface area contributed by atoms with Gasteiger partial charge in [0, 0.05) is 11.5 Å². The highest BCUT2D eigenvalue weighted by atomic mass is 79.9. The van der Waals surface area contributed by atoms with Crippen LogP contribution < -0.4 is 0 Å². The van der Waals surface area contributed by atoms with Gasteiger partial charge in [-0.05, 0) is 12.1 Å². The number of rotatable bonds is 2. The summed E-state index contributed by atoms with van der Waals surface area (Å²) in [5, 5.41) is 17.1. The van der Waals surface area contributed by atoms with Gasteiger partial charge in [0.1, 0.15) is 17.7 Å². The molecule has 0 radical (unpaired) electrons. The lowest BCUT2D eigenvalue weighted by Gasteiger charge is -2.12.